The average Bonchev–Trinajstić information content (AvgIpc) is 2.76. The number of hydrogen-bond donors (Lipinski definition) is 0. The van der Waals surface area contributed by atoms with E-state index in [0.29, 0.717) is 13.2 Å². The van der Waals surface area contributed by atoms with E-state index >= 15 is 0 Å². The van der Waals surface area contributed by atoms with Gasteiger partial charge in [-0.15, -0.1) is 0 Å². The highest BCUT2D eigenvalue weighted by Crippen LogP contribution is 2.32. The highest BCUT2D eigenvalue weighted by atomic mass is 16.6. The molecule has 0 aliphatic rings. The fourth-order valence-corrected chi connectivity index (χ4v) is 3.07. The van der Waals surface area contributed by atoms with Crippen LogP contribution in [0.4, 0.5) is 4.79 Å². The lowest BCUT2D eigenvalue weighted by atomic mass is 10.00. The summed E-state index contributed by atoms with van der Waals surface area (Å²) in [4.78, 5) is 25.3. The normalized spacial score (nSPS) is 11.3. The molecule has 0 bridgehead atoms. The molecule has 0 heterocycles. The predicted octanol–water partition coefficient (Wildman–Crippen LogP) is 6.09. The molecule has 6 heteroatoms. The van der Waals surface area contributed by atoms with Crippen LogP contribution in [0.15, 0.2) is 48.5 Å². The average molecular weight is 454 g/mol. The highest BCUT2D eigenvalue weighted by Gasteiger charge is 2.20. The minimum atomic E-state index is -0.540. The molecule has 0 aliphatic heterocycles. The summed E-state index contributed by atoms with van der Waals surface area (Å²) in [5, 5.41) is 0. The summed E-state index contributed by atoms with van der Waals surface area (Å²) in [5.74, 6) is 0.336. The van der Waals surface area contributed by atoms with Gasteiger partial charge in [-0.1, -0.05) is 43.7 Å². The minimum Gasteiger partial charge on any atom is -0.493 e. The van der Waals surface area contributed by atoms with Crippen molar-refractivity contribution in [1.82, 2.24) is 4.90 Å². The molecule has 33 heavy (non-hydrogen) atoms. The smallest absolute Gasteiger partial charge is 0.410 e. The van der Waals surface area contributed by atoms with E-state index in [9.17, 15) is 9.59 Å². The van der Waals surface area contributed by atoms with Crippen LogP contribution in [0, 0.1) is 0 Å². The summed E-state index contributed by atoms with van der Waals surface area (Å²) in [6.45, 7) is 8.70. The van der Waals surface area contributed by atoms with Gasteiger partial charge in [-0.25, -0.2) is 9.59 Å². The Kier molecular flexibility index (Phi) is 9.52. The number of unbranched alkanes of at least 4 members (excludes halogenated alkanes) is 1. The Labute approximate surface area is 197 Å². The SMILES string of the molecule is CCCCOc1cc(C=CC(=O)OC)ccc1-c1cccc(CN(C)C(=O)OC(C)(C)C)c1. The summed E-state index contributed by atoms with van der Waals surface area (Å²) in [6, 6.07) is 13.8. The molecular weight excluding hydrogens is 418 g/mol. The topological polar surface area (TPSA) is 65.1 Å². The minimum absolute atomic E-state index is 0.363. The van der Waals surface area contributed by atoms with E-state index in [2.05, 4.69) is 11.7 Å². The van der Waals surface area contributed by atoms with Crippen molar-refractivity contribution in [3.8, 4) is 16.9 Å². The number of methoxy groups -OCH3 is 1. The van der Waals surface area contributed by atoms with Gasteiger partial charge in [-0.05, 0) is 62.1 Å². The van der Waals surface area contributed by atoms with Crippen LogP contribution in [-0.4, -0.2) is 43.3 Å². The van der Waals surface area contributed by atoms with Gasteiger partial charge in [0.2, 0.25) is 0 Å². The summed E-state index contributed by atoms with van der Waals surface area (Å²) in [5.41, 5.74) is 3.22. The van der Waals surface area contributed by atoms with Crippen LogP contribution in [0.5, 0.6) is 5.75 Å². The van der Waals surface area contributed by atoms with Gasteiger partial charge in [0.05, 0.1) is 13.7 Å². The number of ether oxygens (including phenoxy) is 3. The number of carbonyl (C=O) groups excluding carboxylic acids is 2. The maximum atomic E-state index is 12.3. The lowest BCUT2D eigenvalue weighted by Crippen LogP contribution is -2.33. The van der Waals surface area contributed by atoms with Gasteiger partial charge in [-0.2, -0.15) is 0 Å². The Hall–Kier alpha value is -3.28. The maximum Gasteiger partial charge on any atom is 0.410 e. The maximum absolute atomic E-state index is 12.3. The molecule has 0 N–H and O–H groups in total. The molecule has 6 nitrogen and oxygen atoms in total. The van der Waals surface area contributed by atoms with Gasteiger partial charge in [-0.3, -0.25) is 0 Å². The third-order valence-corrected chi connectivity index (χ3v) is 4.74. The molecule has 0 radical (unpaired) electrons. The van der Waals surface area contributed by atoms with Crippen LogP contribution in [0.3, 0.4) is 0 Å². The first-order valence-corrected chi connectivity index (χ1v) is 11.2. The molecule has 0 aromatic heterocycles. The monoisotopic (exact) mass is 453 g/mol. The fourth-order valence-electron chi connectivity index (χ4n) is 3.07. The van der Waals surface area contributed by atoms with Gasteiger partial charge in [0.25, 0.3) is 0 Å². The predicted molar refractivity (Wildman–Crippen MR) is 131 cm³/mol. The second-order valence-corrected chi connectivity index (χ2v) is 8.85. The molecule has 0 aliphatic carbocycles. The number of hydrogen-bond acceptors (Lipinski definition) is 5. The molecule has 0 atom stereocenters. The largest absolute Gasteiger partial charge is 0.493 e. The Morgan fingerprint density at radius 2 is 1.85 bits per heavy atom. The third-order valence-electron chi connectivity index (χ3n) is 4.74. The third kappa shape index (κ3) is 8.64. The van der Waals surface area contributed by atoms with Crippen LogP contribution < -0.4 is 4.74 Å². The molecule has 178 valence electrons. The molecule has 2 aromatic rings. The molecule has 0 unspecified atom stereocenters. The molecule has 0 saturated carbocycles. The van der Waals surface area contributed by atoms with E-state index in [1.165, 1.54) is 13.2 Å². The quantitative estimate of drug-likeness (QED) is 0.261. The Morgan fingerprint density at radius 1 is 1.09 bits per heavy atom. The van der Waals surface area contributed by atoms with Gasteiger partial charge in [0.15, 0.2) is 0 Å². The number of benzene rings is 2. The molecule has 2 aromatic carbocycles. The van der Waals surface area contributed by atoms with Gasteiger partial charge in [0, 0.05) is 25.2 Å². The molecule has 1 amide bonds. The number of carbonyl (C=O) groups is 2. The number of rotatable bonds is 9. The summed E-state index contributed by atoms with van der Waals surface area (Å²) >= 11 is 0. The van der Waals surface area contributed by atoms with E-state index in [1.54, 1.807) is 18.0 Å². The van der Waals surface area contributed by atoms with Crippen LogP contribution in [0.2, 0.25) is 0 Å². The molecule has 0 fully saturated rings. The van der Waals surface area contributed by atoms with Crippen molar-refractivity contribution in [2.45, 2.75) is 52.7 Å². The first kappa shape index (κ1) is 26.0. The van der Waals surface area contributed by atoms with E-state index in [4.69, 9.17) is 9.47 Å². The Morgan fingerprint density at radius 3 is 2.52 bits per heavy atom. The zero-order valence-corrected chi connectivity index (χ0v) is 20.5. The Bertz CT molecular complexity index is 975. The van der Waals surface area contributed by atoms with E-state index in [-0.39, 0.29) is 6.09 Å². The number of esters is 1. The second-order valence-electron chi connectivity index (χ2n) is 8.85. The standard InChI is InChI=1S/C27H35NO5/c1-7-8-16-32-24-18-20(13-15-25(29)31-6)12-14-23(24)22-11-9-10-21(17-22)19-28(5)26(30)33-27(2,3)4/h9-15,17-18H,7-8,16,19H2,1-6H3. The molecular formula is C27H35NO5. The van der Waals surface area contributed by atoms with Crippen molar-refractivity contribution in [2.24, 2.45) is 0 Å². The zero-order valence-electron chi connectivity index (χ0n) is 20.5. The van der Waals surface area contributed by atoms with Crippen molar-refractivity contribution < 1.29 is 23.8 Å². The van der Waals surface area contributed by atoms with Crippen molar-refractivity contribution in [3.63, 3.8) is 0 Å². The van der Waals surface area contributed by atoms with Crippen LogP contribution in [-0.2, 0) is 20.8 Å². The molecule has 0 saturated heterocycles. The summed E-state index contributed by atoms with van der Waals surface area (Å²) in [7, 11) is 3.07. The number of amides is 1. The second kappa shape index (κ2) is 12.1. The van der Waals surface area contributed by atoms with Crippen molar-refractivity contribution >= 4 is 18.1 Å². The van der Waals surface area contributed by atoms with Gasteiger partial charge < -0.3 is 19.1 Å². The highest BCUT2D eigenvalue weighted by molar-refractivity contribution is 5.87. The van der Waals surface area contributed by atoms with Crippen molar-refractivity contribution in [3.05, 3.63) is 59.7 Å². The van der Waals surface area contributed by atoms with Crippen molar-refractivity contribution in [2.75, 3.05) is 20.8 Å². The summed E-state index contributed by atoms with van der Waals surface area (Å²) in [6.07, 6.45) is 4.71. The van der Waals surface area contributed by atoms with Crippen molar-refractivity contribution in [1.29, 1.82) is 0 Å². The van der Waals surface area contributed by atoms with E-state index < -0.39 is 11.6 Å². The van der Waals surface area contributed by atoms with Crippen LogP contribution in [0.1, 0.15) is 51.7 Å². The van der Waals surface area contributed by atoms with Crippen LogP contribution in [0.25, 0.3) is 17.2 Å². The van der Waals surface area contributed by atoms with Crippen LogP contribution >= 0.6 is 0 Å². The Balaban J connectivity index is 2.29. The molecule has 2 rings (SSSR count). The van der Waals surface area contributed by atoms with Gasteiger partial charge >= 0.3 is 12.1 Å². The van der Waals surface area contributed by atoms with E-state index in [0.717, 1.165) is 40.8 Å². The van der Waals surface area contributed by atoms with Gasteiger partial charge in [0.1, 0.15) is 11.4 Å². The first-order valence-electron chi connectivity index (χ1n) is 11.2. The van der Waals surface area contributed by atoms with E-state index in [1.807, 2.05) is 63.2 Å². The summed E-state index contributed by atoms with van der Waals surface area (Å²) < 4.78 is 16.2. The molecule has 0 spiro atoms. The number of nitrogens with zero attached hydrogens (tertiary/aromatic N) is 1. The zero-order chi connectivity index (χ0) is 24.4. The lowest BCUT2D eigenvalue weighted by Gasteiger charge is -2.24. The fraction of sp³-hybridized carbons (Fsp3) is 0.407. The lowest BCUT2D eigenvalue weighted by molar-refractivity contribution is -0.134. The first-order chi connectivity index (χ1) is 15.6.